The fourth-order valence-electron chi connectivity index (χ4n) is 2.27. The summed E-state index contributed by atoms with van der Waals surface area (Å²) in [5, 5.41) is 12.0. The molecule has 25 heavy (non-hydrogen) atoms. The SMILES string of the molecule is CN(C(=O)c1ccnc(Nc2cccc(C#N)c2)n1)c1ccccc1. The van der Waals surface area contributed by atoms with Gasteiger partial charge in [-0.2, -0.15) is 5.26 Å². The van der Waals surface area contributed by atoms with Gasteiger partial charge in [0.05, 0.1) is 11.6 Å². The standard InChI is InChI=1S/C19H15N5O/c1-24(16-8-3-2-4-9-16)18(25)17-10-11-21-19(23-17)22-15-7-5-6-14(12-15)13-20/h2-12H,1H3,(H,21,22,23). The Morgan fingerprint density at radius 1 is 1.12 bits per heavy atom. The molecular formula is C19H15N5O. The van der Waals surface area contributed by atoms with Gasteiger partial charge in [0.25, 0.3) is 5.91 Å². The fourth-order valence-corrected chi connectivity index (χ4v) is 2.27. The second-order valence-electron chi connectivity index (χ2n) is 5.28. The van der Waals surface area contributed by atoms with Crippen molar-refractivity contribution in [3.8, 4) is 6.07 Å². The number of hydrogen-bond acceptors (Lipinski definition) is 5. The minimum Gasteiger partial charge on any atom is -0.324 e. The van der Waals surface area contributed by atoms with Crippen LogP contribution in [0.3, 0.4) is 0 Å². The van der Waals surface area contributed by atoms with Crippen LogP contribution < -0.4 is 10.2 Å². The second-order valence-corrected chi connectivity index (χ2v) is 5.28. The van der Waals surface area contributed by atoms with Crippen molar-refractivity contribution in [1.82, 2.24) is 9.97 Å². The Labute approximate surface area is 145 Å². The molecule has 0 fully saturated rings. The number of carbonyl (C=O) groups is 1. The Morgan fingerprint density at radius 2 is 1.92 bits per heavy atom. The van der Waals surface area contributed by atoms with E-state index in [1.54, 1.807) is 37.4 Å². The van der Waals surface area contributed by atoms with Gasteiger partial charge in [0.2, 0.25) is 5.95 Å². The molecule has 122 valence electrons. The molecule has 0 atom stereocenters. The monoisotopic (exact) mass is 329 g/mol. The van der Waals surface area contributed by atoms with Crippen molar-refractivity contribution < 1.29 is 4.79 Å². The lowest BCUT2D eigenvalue weighted by Gasteiger charge is -2.17. The number of amides is 1. The third-order valence-corrected chi connectivity index (χ3v) is 3.57. The zero-order chi connectivity index (χ0) is 17.6. The maximum atomic E-state index is 12.6. The third-order valence-electron chi connectivity index (χ3n) is 3.57. The van der Waals surface area contributed by atoms with Crippen LogP contribution in [0.2, 0.25) is 0 Å². The van der Waals surface area contributed by atoms with Crippen LogP contribution in [-0.4, -0.2) is 22.9 Å². The summed E-state index contributed by atoms with van der Waals surface area (Å²) >= 11 is 0. The van der Waals surface area contributed by atoms with E-state index in [2.05, 4.69) is 21.4 Å². The van der Waals surface area contributed by atoms with E-state index in [1.807, 2.05) is 30.3 Å². The summed E-state index contributed by atoms with van der Waals surface area (Å²) in [5.41, 5.74) is 2.27. The molecule has 6 heteroatoms. The molecule has 3 aromatic rings. The molecule has 0 saturated carbocycles. The third kappa shape index (κ3) is 3.79. The number of nitrogens with zero attached hydrogens (tertiary/aromatic N) is 4. The van der Waals surface area contributed by atoms with Crippen LogP contribution in [0, 0.1) is 11.3 Å². The van der Waals surface area contributed by atoms with Crippen molar-refractivity contribution in [3.63, 3.8) is 0 Å². The smallest absolute Gasteiger partial charge is 0.276 e. The van der Waals surface area contributed by atoms with Crippen LogP contribution in [0.1, 0.15) is 16.1 Å². The van der Waals surface area contributed by atoms with Gasteiger partial charge in [0.15, 0.2) is 0 Å². The van der Waals surface area contributed by atoms with E-state index in [0.717, 1.165) is 5.69 Å². The summed E-state index contributed by atoms with van der Waals surface area (Å²) < 4.78 is 0. The normalized spacial score (nSPS) is 9.92. The van der Waals surface area contributed by atoms with Gasteiger partial charge in [0.1, 0.15) is 5.69 Å². The molecule has 1 amide bonds. The minimum absolute atomic E-state index is 0.234. The van der Waals surface area contributed by atoms with Crippen LogP contribution in [0.15, 0.2) is 66.9 Å². The molecule has 0 saturated heterocycles. The molecule has 0 spiro atoms. The van der Waals surface area contributed by atoms with E-state index < -0.39 is 0 Å². The van der Waals surface area contributed by atoms with Gasteiger partial charge in [-0.05, 0) is 36.4 Å². The van der Waals surface area contributed by atoms with Gasteiger partial charge in [-0.1, -0.05) is 24.3 Å². The van der Waals surface area contributed by atoms with Crippen molar-refractivity contribution in [3.05, 3.63) is 78.1 Å². The van der Waals surface area contributed by atoms with Crippen LogP contribution in [-0.2, 0) is 0 Å². The Morgan fingerprint density at radius 3 is 2.68 bits per heavy atom. The number of benzene rings is 2. The number of nitrogens with one attached hydrogen (secondary N) is 1. The van der Waals surface area contributed by atoms with E-state index >= 15 is 0 Å². The molecule has 6 nitrogen and oxygen atoms in total. The van der Waals surface area contributed by atoms with Gasteiger partial charge < -0.3 is 10.2 Å². The van der Waals surface area contributed by atoms with E-state index in [0.29, 0.717) is 17.2 Å². The highest BCUT2D eigenvalue weighted by atomic mass is 16.2. The second kappa shape index (κ2) is 7.23. The number of rotatable bonds is 4. The Kier molecular flexibility index (Phi) is 4.67. The average Bonchev–Trinajstić information content (AvgIpc) is 2.68. The van der Waals surface area contributed by atoms with Gasteiger partial charge >= 0.3 is 0 Å². The minimum atomic E-state index is -0.234. The lowest BCUT2D eigenvalue weighted by atomic mass is 10.2. The van der Waals surface area contributed by atoms with Crippen molar-refractivity contribution in [1.29, 1.82) is 5.26 Å². The van der Waals surface area contributed by atoms with Crippen molar-refractivity contribution in [2.24, 2.45) is 0 Å². The predicted octanol–water partition coefficient (Wildman–Crippen LogP) is 3.37. The highest BCUT2D eigenvalue weighted by molar-refractivity contribution is 6.04. The van der Waals surface area contributed by atoms with Gasteiger partial charge in [-0.25, -0.2) is 9.97 Å². The number of carbonyl (C=O) groups excluding carboxylic acids is 1. The first-order chi connectivity index (χ1) is 12.2. The molecular weight excluding hydrogens is 314 g/mol. The summed E-state index contributed by atoms with van der Waals surface area (Å²) in [5.74, 6) is 0.0600. The summed E-state index contributed by atoms with van der Waals surface area (Å²) in [4.78, 5) is 22.5. The Bertz CT molecular complexity index is 934. The van der Waals surface area contributed by atoms with Crippen LogP contribution in [0.5, 0.6) is 0 Å². The quantitative estimate of drug-likeness (QED) is 0.793. The molecule has 0 unspecified atom stereocenters. The van der Waals surface area contributed by atoms with E-state index in [-0.39, 0.29) is 11.6 Å². The first kappa shape index (κ1) is 16.1. The maximum absolute atomic E-state index is 12.6. The molecule has 2 aromatic carbocycles. The van der Waals surface area contributed by atoms with Crippen LogP contribution >= 0.6 is 0 Å². The molecule has 0 aliphatic rings. The first-order valence-electron chi connectivity index (χ1n) is 7.61. The van der Waals surface area contributed by atoms with Gasteiger partial charge in [0, 0.05) is 24.6 Å². The topological polar surface area (TPSA) is 81.9 Å². The van der Waals surface area contributed by atoms with E-state index in [1.165, 1.54) is 11.1 Å². The molecule has 3 rings (SSSR count). The Hall–Kier alpha value is -3.72. The van der Waals surface area contributed by atoms with Gasteiger partial charge in [-0.15, -0.1) is 0 Å². The zero-order valence-corrected chi connectivity index (χ0v) is 13.5. The highest BCUT2D eigenvalue weighted by Crippen LogP contribution is 2.17. The maximum Gasteiger partial charge on any atom is 0.276 e. The van der Waals surface area contributed by atoms with Crippen molar-refractivity contribution in [2.75, 3.05) is 17.3 Å². The highest BCUT2D eigenvalue weighted by Gasteiger charge is 2.15. The lowest BCUT2D eigenvalue weighted by molar-refractivity contribution is 0.0988. The van der Waals surface area contributed by atoms with E-state index in [4.69, 9.17) is 5.26 Å². The number of nitriles is 1. The lowest BCUT2D eigenvalue weighted by Crippen LogP contribution is -2.27. The van der Waals surface area contributed by atoms with Crippen molar-refractivity contribution in [2.45, 2.75) is 0 Å². The molecule has 1 heterocycles. The number of para-hydroxylation sites is 1. The van der Waals surface area contributed by atoms with Crippen LogP contribution in [0.4, 0.5) is 17.3 Å². The number of hydrogen-bond donors (Lipinski definition) is 1. The summed E-state index contributed by atoms with van der Waals surface area (Å²) in [7, 11) is 1.70. The molecule has 0 radical (unpaired) electrons. The largest absolute Gasteiger partial charge is 0.324 e. The van der Waals surface area contributed by atoms with Gasteiger partial charge in [-0.3, -0.25) is 4.79 Å². The molecule has 1 N–H and O–H groups in total. The Balaban J connectivity index is 1.81. The number of anilines is 3. The van der Waals surface area contributed by atoms with Crippen molar-refractivity contribution >= 4 is 23.2 Å². The molecule has 0 aliphatic heterocycles. The summed E-state index contributed by atoms with van der Waals surface area (Å²) in [6.45, 7) is 0. The fraction of sp³-hybridized carbons (Fsp3) is 0.0526. The summed E-state index contributed by atoms with van der Waals surface area (Å²) in [6, 6.07) is 19.9. The summed E-state index contributed by atoms with van der Waals surface area (Å²) in [6.07, 6.45) is 1.52. The van der Waals surface area contributed by atoms with E-state index in [9.17, 15) is 4.79 Å². The number of aromatic nitrogens is 2. The average molecular weight is 329 g/mol. The van der Waals surface area contributed by atoms with Crippen LogP contribution in [0.25, 0.3) is 0 Å². The molecule has 0 bridgehead atoms. The first-order valence-corrected chi connectivity index (χ1v) is 7.61. The zero-order valence-electron chi connectivity index (χ0n) is 13.5. The predicted molar refractivity (Wildman–Crippen MR) is 95.6 cm³/mol. The molecule has 0 aliphatic carbocycles. The molecule has 1 aromatic heterocycles.